The van der Waals surface area contributed by atoms with E-state index >= 15 is 0 Å². The Morgan fingerprint density at radius 2 is 1.06 bits per heavy atom. The summed E-state index contributed by atoms with van der Waals surface area (Å²) in [6.07, 6.45) is 7.55. The molecule has 4 aromatic rings. The number of hydrogen-bond acceptors (Lipinski definition) is 7. The van der Waals surface area contributed by atoms with Gasteiger partial charge in [0.05, 0.1) is 13.2 Å². The summed E-state index contributed by atoms with van der Waals surface area (Å²) in [5, 5.41) is 5.12. The maximum atomic E-state index is 13.4. The van der Waals surface area contributed by atoms with Gasteiger partial charge in [0.25, 0.3) is 0 Å². The molecule has 62 heavy (non-hydrogen) atoms. The second-order valence-corrected chi connectivity index (χ2v) is 36.1. The van der Waals surface area contributed by atoms with Gasteiger partial charge in [-0.25, -0.2) is 0 Å². The van der Waals surface area contributed by atoms with Crippen molar-refractivity contribution in [1.29, 1.82) is 0 Å². The largest absolute Gasteiger partial charge is 0.409 e. The van der Waals surface area contributed by atoms with Gasteiger partial charge in [0.15, 0.2) is 28.2 Å². The minimum atomic E-state index is -1.95. The smallest absolute Gasteiger partial charge is 0.192 e. The lowest BCUT2D eigenvalue weighted by Crippen LogP contribution is -2.42. The molecule has 0 aliphatic heterocycles. The van der Waals surface area contributed by atoms with Crippen LogP contribution in [0.2, 0.25) is 41.3 Å². The summed E-state index contributed by atoms with van der Waals surface area (Å²) in [6, 6.07) is 16.6. The van der Waals surface area contributed by atoms with Gasteiger partial charge in [0.1, 0.15) is 0 Å². The Balaban J connectivity index is 0.000000353. The van der Waals surface area contributed by atoms with Crippen LogP contribution in [0.1, 0.15) is 125 Å². The lowest BCUT2D eigenvalue weighted by molar-refractivity contribution is 0.0905. The molecule has 0 bridgehead atoms. The molecule has 2 aliphatic rings. The van der Waals surface area contributed by atoms with Crippen LogP contribution >= 0.6 is 11.6 Å². The van der Waals surface area contributed by atoms with E-state index in [0.717, 1.165) is 65.8 Å². The SMILES string of the molecule is C.CC(C)(C)[Si](C)(C)OCC(=O)c1c2c(cc3c(Cl)cccc13)CCC2.CCC.CN(C)c1cccc2c(C(=O)CO[Si](C)(C)C(C)(C)C)c3c(cc12)CCC3.S=S=S=S=S=S. The summed E-state index contributed by atoms with van der Waals surface area (Å²) in [4.78, 5) is 28.6. The highest BCUT2D eigenvalue weighted by molar-refractivity contribution is 8.64. The number of nitrogens with zero attached hydrogens (tertiary/aromatic N) is 1. The zero-order valence-electron chi connectivity index (χ0n) is 38.9. The minimum Gasteiger partial charge on any atom is -0.409 e. The van der Waals surface area contributed by atoms with Gasteiger partial charge < -0.3 is 13.8 Å². The van der Waals surface area contributed by atoms with E-state index in [-0.39, 0.29) is 42.3 Å². The average molecular weight is 1010 g/mol. The fourth-order valence-electron chi connectivity index (χ4n) is 7.04. The van der Waals surface area contributed by atoms with Crippen LogP contribution in [0.4, 0.5) is 5.69 Å². The Bertz CT molecular complexity index is 2360. The van der Waals surface area contributed by atoms with E-state index in [2.05, 4.69) is 153 Å². The molecule has 0 saturated carbocycles. The van der Waals surface area contributed by atoms with Crippen molar-refractivity contribution in [2.24, 2.45) is 0 Å². The summed E-state index contributed by atoms with van der Waals surface area (Å²) in [5.41, 5.74) is 7.99. The molecule has 2 aliphatic carbocycles. The van der Waals surface area contributed by atoms with Crippen LogP contribution in [0, 0.1) is 0 Å². The fourth-order valence-corrected chi connectivity index (χ4v) is 14.6. The Hall–Kier alpha value is -1.50. The van der Waals surface area contributed by atoms with Crippen LogP contribution < -0.4 is 4.90 Å². The van der Waals surface area contributed by atoms with E-state index in [0.29, 0.717) is 5.02 Å². The first kappa shape index (κ1) is 56.6. The molecule has 4 aromatic carbocycles. The maximum absolute atomic E-state index is 13.4. The van der Waals surface area contributed by atoms with Crippen molar-refractivity contribution in [3.63, 3.8) is 0 Å². The van der Waals surface area contributed by atoms with Crippen molar-refractivity contribution in [2.75, 3.05) is 32.2 Å². The van der Waals surface area contributed by atoms with Crippen molar-refractivity contribution >= 4 is 125 Å². The van der Waals surface area contributed by atoms with Gasteiger partial charge in [-0.3, -0.25) is 9.59 Å². The van der Waals surface area contributed by atoms with Gasteiger partial charge in [-0.2, -0.15) is 0 Å². The Kier molecular flexibility index (Phi) is 22.7. The zero-order valence-corrected chi connectivity index (χ0v) is 46.5. The predicted molar refractivity (Wildman–Crippen MR) is 293 cm³/mol. The van der Waals surface area contributed by atoms with Crippen LogP contribution in [-0.2, 0) is 92.4 Å². The van der Waals surface area contributed by atoms with Crippen molar-refractivity contribution in [1.82, 2.24) is 0 Å². The molecule has 0 N–H and O–H groups in total. The molecule has 0 radical (unpaired) electrons. The summed E-state index contributed by atoms with van der Waals surface area (Å²) < 4.78 is 12.5. The standard InChI is InChI=1S/C23H33NO2Si.C21H27ClO2Si.C3H8.CH4.S6/c1-23(2,3)27(6,7)26-15-21(25)22-17-11-8-10-16(17)14-19-18(22)12-9-13-20(19)24(4)5;1-21(2,3)25(4,5)24-13-19(23)20-15-9-6-8-14(15)12-17-16(20)10-7-11-18(17)22;1-3-2;;1-3-5-6-4-2/h9,12-14H,8,10-11,15H2,1-7H3;7,10-12H,6,8-9,13H2,1-5H3;3H2,1-2H3;1H4;. The number of halogens is 1. The number of fused-ring (bicyclic) bond motifs is 4. The van der Waals surface area contributed by atoms with Crippen LogP contribution in [0.5, 0.6) is 0 Å². The molecule has 0 fully saturated rings. The highest BCUT2D eigenvalue weighted by Gasteiger charge is 2.39. The van der Waals surface area contributed by atoms with Crippen LogP contribution in [-0.4, -0.2) is 55.5 Å². The van der Waals surface area contributed by atoms with Crippen LogP contribution in [0.3, 0.4) is 0 Å². The Labute approximate surface area is 403 Å². The quantitative estimate of drug-likeness (QED) is 0.122. The van der Waals surface area contributed by atoms with E-state index < -0.39 is 16.6 Å². The van der Waals surface area contributed by atoms with Crippen molar-refractivity contribution in [2.45, 2.75) is 144 Å². The lowest BCUT2D eigenvalue weighted by Gasteiger charge is -2.36. The Morgan fingerprint density at radius 3 is 1.45 bits per heavy atom. The molecule has 0 spiro atoms. The number of carbonyl (C=O) groups excluding carboxylic acids is 2. The maximum Gasteiger partial charge on any atom is 0.192 e. The molecule has 0 aromatic heterocycles. The molecule has 344 valence electrons. The molecule has 6 rings (SSSR count). The van der Waals surface area contributed by atoms with Crippen LogP contribution in [0.15, 0.2) is 48.5 Å². The molecule has 0 amide bonds. The number of Topliss-reactive ketones (excluding diaryl/α,β-unsaturated/α-hetero) is 2. The number of rotatable bonds is 9. The number of benzene rings is 4. The molecular formula is C48H72ClNO4S6Si2. The van der Waals surface area contributed by atoms with Crippen LogP contribution in [0.25, 0.3) is 21.5 Å². The monoisotopic (exact) mass is 1010 g/mol. The normalized spacial score (nSPS) is 13.1. The highest BCUT2D eigenvalue weighted by Crippen LogP contribution is 2.40. The fraction of sp³-hybridized carbons (Fsp3) is 0.542. The van der Waals surface area contributed by atoms with E-state index in [4.69, 9.17) is 20.5 Å². The second-order valence-electron chi connectivity index (χ2n) is 19.0. The number of carbonyl (C=O) groups is 2. The first-order valence-electron chi connectivity index (χ1n) is 21.2. The third-order valence-corrected chi connectivity index (χ3v) is 28.3. The molecule has 5 nitrogen and oxygen atoms in total. The summed E-state index contributed by atoms with van der Waals surface area (Å²) in [6.45, 7) is 26.6. The molecule has 0 heterocycles. The van der Waals surface area contributed by atoms with Gasteiger partial charge in [0, 0.05) is 105 Å². The van der Waals surface area contributed by atoms with E-state index in [1.54, 1.807) is 0 Å². The number of anilines is 1. The van der Waals surface area contributed by atoms with Crippen molar-refractivity contribution < 1.29 is 18.4 Å². The van der Waals surface area contributed by atoms with Gasteiger partial charge in [-0.05, 0) is 132 Å². The van der Waals surface area contributed by atoms with Crippen molar-refractivity contribution in [3.05, 3.63) is 86.9 Å². The zero-order chi connectivity index (χ0) is 45.9. The molecule has 0 unspecified atom stereocenters. The molecule has 14 heteroatoms. The van der Waals surface area contributed by atoms with Crippen molar-refractivity contribution in [3.8, 4) is 0 Å². The Morgan fingerprint density at radius 1 is 0.677 bits per heavy atom. The summed E-state index contributed by atoms with van der Waals surface area (Å²) >= 11 is 15.4. The third-order valence-electron chi connectivity index (χ3n) is 12.3. The average Bonchev–Trinajstić information content (AvgIpc) is 3.86. The minimum absolute atomic E-state index is 0. The van der Waals surface area contributed by atoms with E-state index in [1.807, 2.05) is 18.2 Å². The third kappa shape index (κ3) is 14.5. The number of ketones is 2. The van der Waals surface area contributed by atoms with Gasteiger partial charge in [-0.15, -0.1) is 0 Å². The van der Waals surface area contributed by atoms with Gasteiger partial charge >= 0.3 is 0 Å². The molecular weight excluding hydrogens is 939 g/mol. The van der Waals surface area contributed by atoms with E-state index in [9.17, 15) is 9.59 Å². The molecule has 0 saturated heterocycles. The first-order chi connectivity index (χ1) is 28.5. The summed E-state index contributed by atoms with van der Waals surface area (Å²) in [7, 11) is 5.85. The van der Waals surface area contributed by atoms with Gasteiger partial charge in [-0.1, -0.05) is 105 Å². The molecule has 0 atom stereocenters. The van der Waals surface area contributed by atoms with E-state index in [1.165, 1.54) is 75.3 Å². The second kappa shape index (κ2) is 24.9. The lowest BCUT2D eigenvalue weighted by atomic mass is 9.92. The topological polar surface area (TPSA) is 55.8 Å². The summed E-state index contributed by atoms with van der Waals surface area (Å²) in [5.74, 6) is 0.232. The first-order valence-corrected chi connectivity index (χ1v) is 34.1. The predicted octanol–water partition coefficient (Wildman–Crippen LogP) is 13.8. The highest BCUT2D eigenvalue weighted by atomic mass is 35.5. The van der Waals surface area contributed by atoms with Gasteiger partial charge in [0.2, 0.25) is 0 Å². The number of aryl methyl sites for hydroxylation is 2. The number of hydrogen-bond donors (Lipinski definition) is 0.